The zero-order valence-corrected chi connectivity index (χ0v) is 11.8. The summed E-state index contributed by atoms with van der Waals surface area (Å²) in [7, 11) is 0. The molecule has 0 unspecified atom stereocenters. The van der Waals surface area contributed by atoms with Crippen molar-refractivity contribution in [2.24, 2.45) is 5.41 Å². The molecular weight excluding hydrogens is 242 g/mol. The maximum absolute atomic E-state index is 11.9. The van der Waals surface area contributed by atoms with Crippen molar-refractivity contribution in [3.8, 4) is 0 Å². The average Bonchev–Trinajstić information content (AvgIpc) is 2.61. The molecule has 0 aromatic carbocycles. The summed E-state index contributed by atoms with van der Waals surface area (Å²) in [5.74, 6) is -0.938. The lowest BCUT2D eigenvalue weighted by Gasteiger charge is -2.27. The van der Waals surface area contributed by atoms with Crippen molar-refractivity contribution in [2.75, 3.05) is 6.54 Å². The van der Waals surface area contributed by atoms with Gasteiger partial charge < -0.3 is 10.4 Å². The Morgan fingerprint density at radius 1 is 1.21 bits per heavy atom. The molecule has 0 spiro atoms. The number of carboxylic acids is 1. The van der Waals surface area contributed by atoms with Gasteiger partial charge in [0.25, 0.3) is 0 Å². The Morgan fingerprint density at radius 2 is 1.84 bits per heavy atom. The van der Waals surface area contributed by atoms with Crippen LogP contribution in [0.5, 0.6) is 0 Å². The monoisotopic (exact) mass is 267 g/mol. The van der Waals surface area contributed by atoms with Crippen LogP contribution in [0.15, 0.2) is 12.2 Å². The summed E-state index contributed by atoms with van der Waals surface area (Å²) < 4.78 is 0. The molecule has 19 heavy (non-hydrogen) atoms. The number of carbonyl (C=O) groups is 2. The average molecular weight is 267 g/mol. The highest BCUT2D eigenvalue weighted by Gasteiger charge is 2.40. The first-order chi connectivity index (χ1) is 9.10. The molecule has 1 amide bonds. The first-order valence-corrected chi connectivity index (χ1v) is 7.22. The predicted octanol–water partition coefficient (Wildman–Crippen LogP) is 2.88. The van der Waals surface area contributed by atoms with E-state index in [0.717, 1.165) is 32.1 Å². The van der Waals surface area contributed by atoms with E-state index >= 15 is 0 Å². The smallest absolute Gasteiger partial charge is 0.310 e. The van der Waals surface area contributed by atoms with Gasteiger partial charge in [-0.15, -0.1) is 0 Å². The predicted molar refractivity (Wildman–Crippen MR) is 74.8 cm³/mol. The van der Waals surface area contributed by atoms with Crippen LogP contribution in [0.25, 0.3) is 0 Å². The summed E-state index contributed by atoms with van der Waals surface area (Å²) in [5, 5.41) is 12.3. The minimum absolute atomic E-state index is 0.123. The van der Waals surface area contributed by atoms with Crippen molar-refractivity contribution in [1.82, 2.24) is 5.32 Å². The highest BCUT2D eigenvalue weighted by molar-refractivity contribution is 5.85. The van der Waals surface area contributed by atoms with Crippen LogP contribution in [-0.2, 0) is 9.59 Å². The fraction of sp³-hybridized carbons (Fsp3) is 0.733. The maximum Gasteiger partial charge on any atom is 0.310 e. The van der Waals surface area contributed by atoms with Crippen LogP contribution >= 0.6 is 0 Å². The van der Waals surface area contributed by atoms with Crippen LogP contribution in [0.4, 0.5) is 0 Å². The van der Waals surface area contributed by atoms with Gasteiger partial charge in [0.2, 0.25) is 5.91 Å². The van der Waals surface area contributed by atoms with Gasteiger partial charge in [-0.2, -0.15) is 0 Å². The fourth-order valence-electron chi connectivity index (χ4n) is 2.70. The molecule has 0 aliphatic heterocycles. The van der Waals surface area contributed by atoms with Gasteiger partial charge >= 0.3 is 5.97 Å². The number of hydrogen-bond donors (Lipinski definition) is 2. The third-order valence-corrected chi connectivity index (χ3v) is 3.88. The molecule has 1 aliphatic rings. The number of carboxylic acid groups (broad SMARTS) is 1. The Kier molecular flexibility index (Phi) is 6.60. The molecule has 0 radical (unpaired) electrons. The van der Waals surface area contributed by atoms with Gasteiger partial charge in [0.05, 0.1) is 5.41 Å². The molecule has 1 saturated carbocycles. The van der Waals surface area contributed by atoms with Crippen molar-refractivity contribution >= 4 is 11.9 Å². The fourth-order valence-corrected chi connectivity index (χ4v) is 2.70. The standard InChI is InChI=1S/C15H25NO3/c1-2-3-8-11-16-13(17)12-15(14(18)19)9-6-4-5-7-10-15/h2-3H,4-12H2,1H3,(H,16,17)(H,18,19)/b3-2+. The molecule has 108 valence electrons. The van der Waals surface area contributed by atoms with E-state index < -0.39 is 11.4 Å². The molecule has 4 heteroatoms. The van der Waals surface area contributed by atoms with Crippen molar-refractivity contribution in [3.05, 3.63) is 12.2 Å². The zero-order valence-electron chi connectivity index (χ0n) is 11.8. The summed E-state index contributed by atoms with van der Waals surface area (Å²) in [6, 6.07) is 0. The zero-order chi connectivity index (χ0) is 14.1. The Labute approximate surface area is 115 Å². The maximum atomic E-state index is 11.9. The van der Waals surface area contributed by atoms with Gasteiger partial charge in [0.15, 0.2) is 0 Å². The minimum Gasteiger partial charge on any atom is -0.481 e. The lowest BCUT2D eigenvalue weighted by atomic mass is 9.77. The Bertz CT molecular complexity index is 328. The molecule has 0 atom stereocenters. The third kappa shape index (κ3) is 5.05. The van der Waals surface area contributed by atoms with Gasteiger partial charge in [0, 0.05) is 13.0 Å². The molecular formula is C15H25NO3. The topological polar surface area (TPSA) is 66.4 Å². The first-order valence-electron chi connectivity index (χ1n) is 7.22. The van der Waals surface area contributed by atoms with E-state index in [1.165, 1.54) is 0 Å². The number of rotatable bonds is 6. The van der Waals surface area contributed by atoms with Crippen LogP contribution in [0.3, 0.4) is 0 Å². The van der Waals surface area contributed by atoms with Gasteiger partial charge in [-0.1, -0.05) is 37.8 Å². The second-order valence-corrected chi connectivity index (χ2v) is 5.38. The quantitative estimate of drug-likeness (QED) is 0.442. The Hall–Kier alpha value is -1.32. The molecule has 0 aromatic rings. The van der Waals surface area contributed by atoms with Gasteiger partial charge in [-0.3, -0.25) is 9.59 Å². The number of amides is 1. The molecule has 0 saturated heterocycles. The third-order valence-electron chi connectivity index (χ3n) is 3.88. The molecule has 1 fully saturated rings. The number of carbonyl (C=O) groups excluding carboxylic acids is 1. The molecule has 4 nitrogen and oxygen atoms in total. The van der Waals surface area contributed by atoms with E-state index in [-0.39, 0.29) is 12.3 Å². The molecule has 2 N–H and O–H groups in total. The van der Waals surface area contributed by atoms with Gasteiger partial charge in [0.1, 0.15) is 0 Å². The number of hydrogen-bond acceptors (Lipinski definition) is 2. The SMILES string of the molecule is C/C=C/CCNC(=O)CC1(C(=O)O)CCCCCC1. The largest absolute Gasteiger partial charge is 0.481 e. The second-order valence-electron chi connectivity index (χ2n) is 5.38. The van der Waals surface area contributed by atoms with E-state index in [9.17, 15) is 14.7 Å². The van der Waals surface area contributed by atoms with Crippen LogP contribution in [0.1, 0.15) is 58.3 Å². The van der Waals surface area contributed by atoms with Crippen molar-refractivity contribution in [3.63, 3.8) is 0 Å². The molecule has 0 aromatic heterocycles. The number of nitrogens with one attached hydrogen (secondary N) is 1. The van der Waals surface area contributed by atoms with Crippen LogP contribution < -0.4 is 5.32 Å². The number of aliphatic carboxylic acids is 1. The van der Waals surface area contributed by atoms with Crippen molar-refractivity contribution < 1.29 is 14.7 Å². The van der Waals surface area contributed by atoms with E-state index in [1.54, 1.807) is 0 Å². The summed E-state index contributed by atoms with van der Waals surface area (Å²) in [5.41, 5.74) is -0.832. The first kappa shape index (κ1) is 15.7. The lowest BCUT2D eigenvalue weighted by molar-refractivity contribution is -0.152. The van der Waals surface area contributed by atoms with E-state index in [1.807, 2.05) is 19.1 Å². The highest BCUT2D eigenvalue weighted by Crippen LogP contribution is 2.38. The van der Waals surface area contributed by atoms with E-state index in [4.69, 9.17) is 0 Å². The normalized spacial score (nSPS) is 19.0. The van der Waals surface area contributed by atoms with Crippen molar-refractivity contribution in [1.29, 1.82) is 0 Å². The van der Waals surface area contributed by atoms with Crippen LogP contribution in [-0.4, -0.2) is 23.5 Å². The Balaban J connectivity index is 2.52. The lowest BCUT2D eigenvalue weighted by Crippen LogP contribution is -2.37. The molecule has 1 aliphatic carbocycles. The molecule has 1 rings (SSSR count). The van der Waals surface area contributed by atoms with Crippen molar-refractivity contribution in [2.45, 2.75) is 58.3 Å². The van der Waals surface area contributed by atoms with Crippen LogP contribution in [0.2, 0.25) is 0 Å². The summed E-state index contributed by atoms with van der Waals surface area (Å²) in [6.07, 6.45) is 10.1. The summed E-state index contributed by atoms with van der Waals surface area (Å²) in [4.78, 5) is 23.4. The van der Waals surface area contributed by atoms with E-state index in [0.29, 0.717) is 19.4 Å². The molecule has 0 heterocycles. The summed E-state index contributed by atoms with van der Waals surface area (Å²) >= 11 is 0. The van der Waals surface area contributed by atoms with E-state index in [2.05, 4.69) is 5.32 Å². The number of allylic oxidation sites excluding steroid dienone is 1. The van der Waals surface area contributed by atoms with Crippen LogP contribution in [0, 0.1) is 5.41 Å². The molecule has 0 bridgehead atoms. The van der Waals surface area contributed by atoms with Gasteiger partial charge in [-0.05, 0) is 26.2 Å². The highest BCUT2D eigenvalue weighted by atomic mass is 16.4. The Morgan fingerprint density at radius 3 is 2.37 bits per heavy atom. The summed E-state index contributed by atoms with van der Waals surface area (Å²) in [6.45, 7) is 2.52. The second kappa shape index (κ2) is 7.97. The van der Waals surface area contributed by atoms with Gasteiger partial charge in [-0.25, -0.2) is 0 Å². The minimum atomic E-state index is -0.832.